The number of amides is 2. The van der Waals surface area contributed by atoms with Crippen molar-refractivity contribution in [2.24, 2.45) is 0 Å². The molecule has 0 radical (unpaired) electrons. The van der Waals surface area contributed by atoms with Crippen LogP contribution in [-0.2, 0) is 11.3 Å². The van der Waals surface area contributed by atoms with Gasteiger partial charge in [0.05, 0.1) is 5.39 Å². The van der Waals surface area contributed by atoms with Crippen LogP contribution >= 0.6 is 0 Å². The summed E-state index contributed by atoms with van der Waals surface area (Å²) >= 11 is 0. The fraction of sp³-hybridized carbons (Fsp3) is 0.346. The van der Waals surface area contributed by atoms with Crippen molar-refractivity contribution in [3.8, 4) is 0 Å². The van der Waals surface area contributed by atoms with E-state index in [-0.39, 0.29) is 29.9 Å². The average Bonchev–Trinajstić information content (AvgIpc) is 2.84. The van der Waals surface area contributed by atoms with Crippen molar-refractivity contribution >= 4 is 28.4 Å². The summed E-state index contributed by atoms with van der Waals surface area (Å²) in [6, 6.07) is 12.2. The van der Waals surface area contributed by atoms with Gasteiger partial charge in [-0.3, -0.25) is 30.0 Å². The second-order valence-corrected chi connectivity index (χ2v) is 8.35. The summed E-state index contributed by atoms with van der Waals surface area (Å²) in [6.07, 6.45) is 2.66. The first-order valence-corrected chi connectivity index (χ1v) is 11.5. The molecule has 2 aromatic carbocycles. The van der Waals surface area contributed by atoms with E-state index in [0.29, 0.717) is 22.9 Å². The van der Waals surface area contributed by atoms with Crippen LogP contribution in [0.5, 0.6) is 0 Å². The minimum Gasteiger partial charge on any atom is -0.294 e. The van der Waals surface area contributed by atoms with Crippen LogP contribution in [0.15, 0.2) is 47.3 Å². The Labute approximate surface area is 198 Å². The minimum atomic E-state index is -0.630. The number of carbonyl (C=O) groups excluding carboxylic acids is 3. The van der Waals surface area contributed by atoms with Crippen LogP contribution in [0.1, 0.15) is 71.0 Å². The van der Waals surface area contributed by atoms with Gasteiger partial charge in [-0.25, -0.2) is 4.68 Å². The average molecular weight is 463 g/mol. The van der Waals surface area contributed by atoms with Gasteiger partial charge in [0, 0.05) is 30.3 Å². The first-order chi connectivity index (χ1) is 16.3. The molecule has 3 rings (SSSR count). The van der Waals surface area contributed by atoms with Gasteiger partial charge < -0.3 is 0 Å². The number of fused-ring (bicyclic) bond motifs is 1. The van der Waals surface area contributed by atoms with E-state index in [4.69, 9.17) is 0 Å². The van der Waals surface area contributed by atoms with E-state index in [0.717, 1.165) is 30.4 Å². The molecule has 0 aliphatic rings. The van der Waals surface area contributed by atoms with Crippen molar-refractivity contribution in [2.75, 3.05) is 0 Å². The predicted octanol–water partition coefficient (Wildman–Crippen LogP) is 3.63. The number of unbranched alkanes of at least 4 members (excludes halogenated alkanes) is 2. The Kier molecular flexibility index (Phi) is 8.29. The lowest BCUT2D eigenvalue weighted by molar-refractivity contribution is -0.121. The Morgan fingerprint density at radius 1 is 0.912 bits per heavy atom. The maximum absolute atomic E-state index is 12.8. The first kappa shape index (κ1) is 24.8. The lowest BCUT2D eigenvalue weighted by Gasteiger charge is -2.12. The maximum atomic E-state index is 12.8. The second kappa shape index (κ2) is 11.4. The van der Waals surface area contributed by atoms with Gasteiger partial charge in [-0.2, -0.15) is 5.10 Å². The van der Waals surface area contributed by atoms with E-state index in [1.54, 1.807) is 30.3 Å². The summed E-state index contributed by atoms with van der Waals surface area (Å²) in [5.41, 5.74) is 7.16. The minimum absolute atomic E-state index is 0.0215. The smallest absolute Gasteiger partial charge is 0.290 e. The summed E-state index contributed by atoms with van der Waals surface area (Å²) in [6.45, 7) is 6.37. The van der Waals surface area contributed by atoms with E-state index in [1.807, 2.05) is 26.0 Å². The molecule has 0 atom stereocenters. The molecular weight excluding hydrogens is 432 g/mol. The zero-order valence-corrected chi connectivity index (χ0v) is 19.8. The Hall–Kier alpha value is -3.81. The van der Waals surface area contributed by atoms with Crippen molar-refractivity contribution in [1.29, 1.82) is 0 Å². The normalized spacial score (nSPS) is 10.8. The molecule has 0 fully saturated rings. The molecule has 0 unspecified atom stereocenters. The van der Waals surface area contributed by atoms with Crippen LogP contribution in [0, 0.1) is 13.8 Å². The molecular formula is C26H30N4O4. The fourth-order valence-corrected chi connectivity index (χ4v) is 3.60. The number of Topliss-reactive ketones (excluding diaryl/α,β-unsaturated/α-hetero) is 1. The van der Waals surface area contributed by atoms with E-state index >= 15 is 0 Å². The highest BCUT2D eigenvalue weighted by Gasteiger charge is 2.17. The number of hydrogen-bond acceptors (Lipinski definition) is 5. The Morgan fingerprint density at radius 3 is 2.35 bits per heavy atom. The number of benzene rings is 2. The standard InChI is InChI=1S/C26H30N4O4/c1-4-5-8-15-30-26(34)21-10-7-6-9-20(21)24(29-30)25(33)28-27-23(32)14-13-22(31)19-12-11-17(2)18(3)16-19/h6-7,9-12,16H,4-5,8,13-15H2,1-3H3,(H,27,32)(H,28,33). The van der Waals surface area contributed by atoms with Gasteiger partial charge >= 0.3 is 0 Å². The lowest BCUT2D eigenvalue weighted by Crippen LogP contribution is -2.42. The lowest BCUT2D eigenvalue weighted by atomic mass is 10.0. The Bertz CT molecular complexity index is 1280. The van der Waals surface area contributed by atoms with Crippen LogP contribution in [-0.4, -0.2) is 27.4 Å². The summed E-state index contributed by atoms with van der Waals surface area (Å²) in [7, 11) is 0. The molecule has 3 aromatic rings. The molecule has 8 nitrogen and oxygen atoms in total. The third-order valence-electron chi connectivity index (χ3n) is 5.78. The van der Waals surface area contributed by atoms with Crippen LogP contribution in [0.2, 0.25) is 0 Å². The van der Waals surface area contributed by atoms with Crippen LogP contribution in [0.3, 0.4) is 0 Å². The van der Waals surface area contributed by atoms with E-state index in [1.165, 1.54) is 4.68 Å². The number of aryl methyl sites for hydroxylation is 3. The monoisotopic (exact) mass is 462 g/mol. The zero-order chi connectivity index (χ0) is 24.7. The van der Waals surface area contributed by atoms with E-state index in [2.05, 4.69) is 22.9 Å². The molecule has 0 spiro atoms. The number of aromatic nitrogens is 2. The van der Waals surface area contributed by atoms with Gasteiger partial charge in [0.1, 0.15) is 0 Å². The first-order valence-electron chi connectivity index (χ1n) is 11.5. The molecule has 34 heavy (non-hydrogen) atoms. The number of nitrogens with zero attached hydrogens (tertiary/aromatic N) is 2. The quantitative estimate of drug-likeness (QED) is 0.287. The van der Waals surface area contributed by atoms with E-state index in [9.17, 15) is 19.2 Å². The van der Waals surface area contributed by atoms with Gasteiger partial charge in [-0.1, -0.05) is 50.1 Å². The molecule has 0 saturated heterocycles. The molecule has 2 amide bonds. The number of nitrogens with one attached hydrogen (secondary N) is 2. The number of hydrogen-bond donors (Lipinski definition) is 2. The predicted molar refractivity (Wildman–Crippen MR) is 131 cm³/mol. The van der Waals surface area contributed by atoms with Crippen molar-refractivity contribution < 1.29 is 14.4 Å². The van der Waals surface area contributed by atoms with Gasteiger partial charge in [0.15, 0.2) is 11.5 Å². The highest BCUT2D eigenvalue weighted by Crippen LogP contribution is 2.14. The molecule has 2 N–H and O–H groups in total. The molecule has 1 heterocycles. The highest BCUT2D eigenvalue weighted by atomic mass is 16.2. The van der Waals surface area contributed by atoms with Gasteiger partial charge in [-0.05, 0) is 43.5 Å². The third kappa shape index (κ3) is 5.95. The second-order valence-electron chi connectivity index (χ2n) is 8.35. The molecule has 0 aliphatic heterocycles. The molecule has 1 aromatic heterocycles. The fourth-order valence-electron chi connectivity index (χ4n) is 3.60. The van der Waals surface area contributed by atoms with Crippen LogP contribution in [0.25, 0.3) is 10.8 Å². The van der Waals surface area contributed by atoms with E-state index < -0.39 is 11.8 Å². The van der Waals surface area contributed by atoms with Crippen LogP contribution in [0.4, 0.5) is 0 Å². The van der Waals surface area contributed by atoms with Crippen molar-refractivity contribution in [3.05, 3.63) is 75.2 Å². The van der Waals surface area contributed by atoms with Crippen molar-refractivity contribution in [3.63, 3.8) is 0 Å². The van der Waals surface area contributed by atoms with Gasteiger partial charge in [0.2, 0.25) is 5.91 Å². The number of rotatable bonds is 9. The number of ketones is 1. The topological polar surface area (TPSA) is 110 Å². The maximum Gasteiger partial charge on any atom is 0.290 e. The summed E-state index contributed by atoms with van der Waals surface area (Å²) in [5.74, 6) is -1.27. The van der Waals surface area contributed by atoms with Gasteiger partial charge in [0.25, 0.3) is 11.5 Å². The van der Waals surface area contributed by atoms with Crippen LogP contribution < -0.4 is 16.4 Å². The summed E-state index contributed by atoms with van der Waals surface area (Å²) in [5, 5.41) is 5.07. The number of carbonyl (C=O) groups is 3. The van der Waals surface area contributed by atoms with Crippen molar-refractivity contribution in [2.45, 2.75) is 59.4 Å². The molecule has 0 saturated carbocycles. The largest absolute Gasteiger partial charge is 0.294 e. The SMILES string of the molecule is CCCCCn1nc(C(=O)NNC(=O)CCC(=O)c2ccc(C)c(C)c2)c2ccccc2c1=O. The number of hydrazine groups is 1. The molecule has 8 heteroatoms. The summed E-state index contributed by atoms with van der Waals surface area (Å²) < 4.78 is 1.30. The summed E-state index contributed by atoms with van der Waals surface area (Å²) in [4.78, 5) is 50.2. The van der Waals surface area contributed by atoms with Crippen molar-refractivity contribution in [1.82, 2.24) is 20.6 Å². The zero-order valence-electron chi connectivity index (χ0n) is 19.8. The highest BCUT2D eigenvalue weighted by molar-refractivity contribution is 6.05. The molecule has 178 valence electrons. The molecule has 0 aliphatic carbocycles. The Morgan fingerprint density at radius 2 is 1.65 bits per heavy atom. The van der Waals surface area contributed by atoms with Gasteiger partial charge in [-0.15, -0.1) is 0 Å². The molecule has 0 bridgehead atoms. The Balaban J connectivity index is 1.65. The third-order valence-corrected chi connectivity index (χ3v) is 5.78.